The quantitative estimate of drug-likeness (QED) is 0.720. The van der Waals surface area contributed by atoms with Crippen LogP contribution in [0, 0.1) is 0 Å². The molecule has 6 heteroatoms. The van der Waals surface area contributed by atoms with E-state index in [9.17, 15) is 14.4 Å². The Morgan fingerprint density at radius 2 is 1.17 bits per heavy atom. The van der Waals surface area contributed by atoms with Crippen LogP contribution in [0.15, 0.2) is 0 Å². The molecule has 0 saturated heterocycles. The fourth-order valence-electron chi connectivity index (χ4n) is 0.203. The van der Waals surface area contributed by atoms with Crippen molar-refractivity contribution in [1.29, 1.82) is 0 Å². The minimum absolute atomic E-state index is 0.167. The van der Waals surface area contributed by atoms with Crippen LogP contribution in [-0.4, -0.2) is 43.2 Å². The van der Waals surface area contributed by atoms with Crippen molar-refractivity contribution in [3.8, 4) is 0 Å². The predicted octanol–water partition coefficient (Wildman–Crippen LogP) is 1.34. The Morgan fingerprint density at radius 1 is 0.944 bits per heavy atom. The van der Waals surface area contributed by atoms with Gasteiger partial charge in [-0.15, -0.1) is 0 Å². The summed E-state index contributed by atoms with van der Waals surface area (Å²) in [4.78, 5) is 28.9. The lowest BCUT2D eigenvalue weighted by molar-refractivity contribution is -0.140. The van der Waals surface area contributed by atoms with Gasteiger partial charge in [0.1, 0.15) is 5.78 Å². The molecule has 0 aromatic carbocycles. The average Bonchev–Trinajstić information content (AvgIpc) is 2.18. The molecule has 0 radical (unpaired) electrons. The summed E-state index contributed by atoms with van der Waals surface area (Å²) in [7, 11) is 1.35. The van der Waals surface area contributed by atoms with Gasteiger partial charge in [0.15, 0.2) is 0 Å². The molecule has 18 heavy (non-hydrogen) atoms. The Kier molecular flexibility index (Phi) is 34.9. The molecule has 0 aliphatic rings. The Balaban J connectivity index is -0.0000000750. The van der Waals surface area contributed by atoms with Crippen LogP contribution in [-0.2, 0) is 23.9 Å². The van der Waals surface area contributed by atoms with E-state index >= 15 is 0 Å². The van der Waals surface area contributed by atoms with Gasteiger partial charge >= 0.3 is 11.9 Å². The highest BCUT2D eigenvalue weighted by molar-refractivity contribution is 5.72. The van der Waals surface area contributed by atoms with Crippen molar-refractivity contribution in [2.75, 3.05) is 20.3 Å². The molecule has 0 fully saturated rings. The van der Waals surface area contributed by atoms with Gasteiger partial charge in [-0.3, -0.25) is 9.59 Å². The van der Waals surface area contributed by atoms with E-state index in [1.54, 1.807) is 13.8 Å². The van der Waals surface area contributed by atoms with E-state index in [1.165, 1.54) is 34.8 Å². The normalized spacial score (nSPS) is 6.89. The number of methoxy groups -OCH3 is 1. The summed E-state index contributed by atoms with van der Waals surface area (Å²) >= 11 is 0. The van der Waals surface area contributed by atoms with Gasteiger partial charge in [0.2, 0.25) is 0 Å². The topological polar surface area (TPSA) is 89.9 Å². The first kappa shape index (κ1) is 25.4. The second-order valence-corrected chi connectivity index (χ2v) is 2.84. The van der Waals surface area contributed by atoms with E-state index < -0.39 is 0 Å². The number of hydrogen-bond acceptors (Lipinski definition) is 6. The number of ketones is 1. The summed E-state index contributed by atoms with van der Waals surface area (Å²) in [5, 5.41) is 7.57. The van der Waals surface area contributed by atoms with Crippen molar-refractivity contribution < 1.29 is 29.0 Å². The third-order valence-corrected chi connectivity index (χ3v) is 0.635. The fraction of sp³-hybridized carbons (Fsp3) is 0.750. The summed E-state index contributed by atoms with van der Waals surface area (Å²) in [5.74, 6) is -0.289. The van der Waals surface area contributed by atoms with E-state index in [0.717, 1.165) is 0 Å². The van der Waals surface area contributed by atoms with Crippen LogP contribution in [0.3, 0.4) is 0 Å². The van der Waals surface area contributed by atoms with Crippen molar-refractivity contribution in [3.05, 3.63) is 0 Å². The van der Waals surface area contributed by atoms with E-state index in [2.05, 4.69) is 9.47 Å². The summed E-state index contributed by atoms with van der Waals surface area (Å²) < 4.78 is 8.51. The van der Waals surface area contributed by atoms with Gasteiger partial charge in [0.25, 0.3) is 0 Å². The van der Waals surface area contributed by atoms with Crippen molar-refractivity contribution in [3.63, 3.8) is 0 Å². The first-order valence-corrected chi connectivity index (χ1v) is 5.45. The van der Waals surface area contributed by atoms with E-state index in [1.807, 2.05) is 0 Å². The Bertz CT molecular complexity index is 197. The molecule has 110 valence electrons. The molecular weight excluding hydrogens is 240 g/mol. The molecule has 6 nitrogen and oxygen atoms in total. The summed E-state index contributed by atoms with van der Waals surface area (Å²) in [6.07, 6.45) is 0. The molecule has 0 amide bonds. The van der Waals surface area contributed by atoms with E-state index in [-0.39, 0.29) is 24.3 Å². The van der Waals surface area contributed by atoms with Crippen LogP contribution in [0.1, 0.15) is 41.5 Å². The molecule has 0 aliphatic carbocycles. The fourth-order valence-corrected chi connectivity index (χ4v) is 0.203. The van der Waals surface area contributed by atoms with Crippen LogP contribution >= 0.6 is 0 Å². The molecule has 0 aromatic heterocycles. The molecule has 0 rings (SSSR count). The molecule has 1 N–H and O–H groups in total. The van der Waals surface area contributed by atoms with Gasteiger partial charge in [-0.2, -0.15) is 0 Å². The lowest BCUT2D eigenvalue weighted by Gasteiger charge is -1.89. The highest BCUT2D eigenvalue weighted by Gasteiger charge is 1.81. The number of aliphatic hydroxyl groups excluding tert-OH is 1. The van der Waals surface area contributed by atoms with Crippen LogP contribution < -0.4 is 0 Å². The Morgan fingerprint density at radius 3 is 1.17 bits per heavy atom. The maximum absolute atomic E-state index is 9.82. The van der Waals surface area contributed by atoms with Gasteiger partial charge in [0, 0.05) is 20.5 Å². The molecule has 0 aliphatic heterocycles. The van der Waals surface area contributed by atoms with Gasteiger partial charge in [-0.1, -0.05) is 0 Å². The Labute approximate surface area is 109 Å². The highest BCUT2D eigenvalue weighted by Crippen LogP contribution is 1.69. The monoisotopic (exact) mass is 266 g/mol. The van der Waals surface area contributed by atoms with Crippen LogP contribution in [0.4, 0.5) is 0 Å². The van der Waals surface area contributed by atoms with Gasteiger partial charge in [0.05, 0.1) is 13.7 Å². The van der Waals surface area contributed by atoms with E-state index in [0.29, 0.717) is 6.61 Å². The molecular formula is C12H26O6. The van der Waals surface area contributed by atoms with E-state index in [4.69, 9.17) is 5.11 Å². The Hall–Kier alpha value is -1.43. The van der Waals surface area contributed by atoms with Crippen LogP contribution in [0.5, 0.6) is 0 Å². The molecule has 0 bridgehead atoms. The summed E-state index contributed by atoms with van der Waals surface area (Å²) in [6, 6.07) is 0. The van der Waals surface area contributed by atoms with Crippen molar-refractivity contribution >= 4 is 17.7 Å². The van der Waals surface area contributed by atoms with Crippen molar-refractivity contribution in [1.82, 2.24) is 0 Å². The number of carbonyl (C=O) groups is 3. The standard InChI is InChI=1S/C4H8O2.C3H6O2.C3H6O.C2H6O/c1-3-6-4(2)5;1-3(4)5-2;1-3(2)4;1-2-3/h3H2,1-2H3;1-2H3;1-2H3;3H,2H2,1H3. The number of ether oxygens (including phenoxy) is 2. The maximum atomic E-state index is 9.82. The van der Waals surface area contributed by atoms with Gasteiger partial charge in [-0.05, 0) is 27.7 Å². The number of Topliss-reactive ketones (excluding diaryl/α,β-unsaturated/α-hetero) is 1. The molecule has 0 spiro atoms. The molecule has 0 heterocycles. The number of aliphatic hydroxyl groups is 1. The SMILES string of the molecule is CC(C)=O.CCO.CCOC(C)=O.COC(C)=O. The molecule has 0 unspecified atom stereocenters. The largest absolute Gasteiger partial charge is 0.469 e. The second-order valence-electron chi connectivity index (χ2n) is 2.84. The highest BCUT2D eigenvalue weighted by atomic mass is 16.5. The zero-order valence-electron chi connectivity index (χ0n) is 12.4. The van der Waals surface area contributed by atoms with Crippen LogP contribution in [0.2, 0.25) is 0 Å². The lowest BCUT2D eigenvalue weighted by atomic mass is 10.6. The number of esters is 2. The number of carbonyl (C=O) groups excluding carboxylic acids is 3. The van der Waals surface area contributed by atoms with Crippen LogP contribution in [0.25, 0.3) is 0 Å². The summed E-state index contributed by atoms with van der Waals surface area (Å²) in [6.45, 7) is 10.0. The minimum Gasteiger partial charge on any atom is -0.469 e. The average molecular weight is 266 g/mol. The zero-order valence-corrected chi connectivity index (χ0v) is 12.4. The second kappa shape index (κ2) is 24.7. The number of rotatable bonds is 1. The zero-order chi connectivity index (χ0) is 15.6. The first-order valence-electron chi connectivity index (χ1n) is 5.45. The smallest absolute Gasteiger partial charge is 0.302 e. The lowest BCUT2D eigenvalue weighted by Crippen LogP contribution is -1.95. The van der Waals surface area contributed by atoms with Gasteiger partial charge in [-0.25, -0.2) is 0 Å². The molecule has 0 atom stereocenters. The maximum Gasteiger partial charge on any atom is 0.302 e. The number of hydrogen-bond donors (Lipinski definition) is 1. The van der Waals surface area contributed by atoms with Crippen molar-refractivity contribution in [2.45, 2.75) is 41.5 Å². The van der Waals surface area contributed by atoms with Crippen molar-refractivity contribution in [2.24, 2.45) is 0 Å². The third kappa shape index (κ3) is 211. The molecule has 0 aromatic rings. The molecule has 0 saturated carbocycles. The first-order chi connectivity index (χ1) is 8.19. The van der Waals surface area contributed by atoms with Gasteiger partial charge < -0.3 is 19.4 Å². The third-order valence-electron chi connectivity index (χ3n) is 0.635. The summed E-state index contributed by atoms with van der Waals surface area (Å²) in [5.41, 5.74) is 0. The predicted molar refractivity (Wildman–Crippen MR) is 69.1 cm³/mol. The minimum atomic E-state index is -0.245.